The lowest BCUT2D eigenvalue weighted by Gasteiger charge is -2.30. The van der Waals surface area contributed by atoms with Crippen LogP contribution in [-0.2, 0) is 9.53 Å². The average Bonchev–Trinajstić information content (AvgIpc) is 2.96. The molecule has 1 aliphatic carbocycles. The molecule has 6 nitrogen and oxygen atoms in total. The van der Waals surface area contributed by atoms with E-state index in [4.69, 9.17) is 4.74 Å². The number of rotatable bonds is 5. The number of Topliss-reactive ketones (excluding diaryl/α,β-unsaturated/α-hetero) is 1. The van der Waals surface area contributed by atoms with Crippen molar-refractivity contribution in [3.8, 4) is 0 Å². The number of methoxy groups -OCH3 is 1. The van der Waals surface area contributed by atoms with Gasteiger partial charge in [-0.05, 0) is 43.5 Å². The lowest BCUT2D eigenvalue weighted by molar-refractivity contribution is -0.121. The number of hydrogen-bond acceptors (Lipinski definition) is 5. The van der Waals surface area contributed by atoms with Gasteiger partial charge in [-0.15, -0.1) is 0 Å². The predicted octanol–water partition coefficient (Wildman–Crippen LogP) is 2.27. The van der Waals surface area contributed by atoms with E-state index in [1.54, 1.807) is 19.2 Å². The fraction of sp³-hybridized carbons (Fsp3) is 0.500. The molecule has 1 fully saturated rings. The minimum Gasteiger partial charge on any atom is -0.383 e. The monoisotopic (exact) mass is 357 g/mol. The second kappa shape index (κ2) is 7.60. The van der Waals surface area contributed by atoms with Gasteiger partial charge in [0.05, 0.1) is 18.3 Å². The van der Waals surface area contributed by atoms with Gasteiger partial charge in [0.15, 0.2) is 5.78 Å². The van der Waals surface area contributed by atoms with Crippen molar-refractivity contribution in [2.45, 2.75) is 33.2 Å². The number of nitrogens with one attached hydrogen (secondary N) is 2. The van der Waals surface area contributed by atoms with Gasteiger partial charge < -0.3 is 10.1 Å². The van der Waals surface area contributed by atoms with Crippen molar-refractivity contribution in [3.05, 3.63) is 41.1 Å². The molecule has 0 aromatic heterocycles. The van der Waals surface area contributed by atoms with Gasteiger partial charge in [0, 0.05) is 36.4 Å². The zero-order chi connectivity index (χ0) is 18.8. The normalized spacial score (nSPS) is 25.5. The molecule has 1 aromatic rings. The quantitative estimate of drug-likeness (QED) is 0.791. The minimum absolute atomic E-state index is 0.0659. The molecule has 140 valence electrons. The number of fused-ring (bicyclic) bond motifs is 1. The Morgan fingerprint density at radius 3 is 2.65 bits per heavy atom. The van der Waals surface area contributed by atoms with E-state index in [9.17, 15) is 9.59 Å². The molecule has 3 unspecified atom stereocenters. The molecule has 1 aliphatic heterocycles. The molecule has 0 radical (unpaired) electrons. The van der Waals surface area contributed by atoms with Crippen molar-refractivity contribution in [2.75, 3.05) is 25.3 Å². The van der Waals surface area contributed by atoms with Gasteiger partial charge in [-0.1, -0.05) is 13.8 Å². The summed E-state index contributed by atoms with van der Waals surface area (Å²) in [5.41, 5.74) is 6.83. The van der Waals surface area contributed by atoms with Crippen molar-refractivity contribution < 1.29 is 14.3 Å². The maximum Gasteiger partial charge on any atom is 0.251 e. The summed E-state index contributed by atoms with van der Waals surface area (Å²) in [7, 11) is 1.60. The third-order valence-corrected chi connectivity index (χ3v) is 5.48. The molecular weight excluding hydrogens is 330 g/mol. The van der Waals surface area contributed by atoms with E-state index in [0.29, 0.717) is 24.6 Å². The summed E-state index contributed by atoms with van der Waals surface area (Å²) >= 11 is 0. The molecule has 1 saturated carbocycles. The number of nitrogens with zero attached hydrogens (tertiary/aromatic N) is 1. The van der Waals surface area contributed by atoms with Crippen molar-refractivity contribution in [1.29, 1.82) is 0 Å². The number of amides is 1. The van der Waals surface area contributed by atoms with E-state index in [1.807, 2.05) is 31.0 Å². The minimum atomic E-state index is -0.121. The highest BCUT2D eigenvalue weighted by Crippen LogP contribution is 2.37. The average molecular weight is 357 g/mol. The van der Waals surface area contributed by atoms with E-state index >= 15 is 0 Å². The van der Waals surface area contributed by atoms with Gasteiger partial charge in [-0.3, -0.25) is 14.6 Å². The van der Waals surface area contributed by atoms with Crippen molar-refractivity contribution in [3.63, 3.8) is 0 Å². The topological polar surface area (TPSA) is 70.7 Å². The Labute approximate surface area is 154 Å². The molecule has 0 spiro atoms. The van der Waals surface area contributed by atoms with Gasteiger partial charge in [-0.2, -0.15) is 0 Å². The third-order valence-electron chi connectivity index (χ3n) is 5.48. The summed E-state index contributed by atoms with van der Waals surface area (Å²) in [6.07, 6.45) is 0.954. The lowest BCUT2D eigenvalue weighted by Crippen LogP contribution is -2.43. The van der Waals surface area contributed by atoms with E-state index in [1.165, 1.54) is 0 Å². The third kappa shape index (κ3) is 3.39. The van der Waals surface area contributed by atoms with Crippen LogP contribution in [0.2, 0.25) is 0 Å². The zero-order valence-electron chi connectivity index (χ0n) is 15.8. The SMILES string of the molecule is COCCNC(=O)c1ccc(N2NC3CC(C)C(C)C(=O)C3=C2C)cc1. The van der Waals surface area contributed by atoms with Crippen LogP contribution in [0.25, 0.3) is 0 Å². The smallest absolute Gasteiger partial charge is 0.251 e. The standard InChI is InChI=1S/C20H27N3O3/c1-12-11-17-18(19(24)13(12)2)14(3)23(22-17)16-7-5-15(6-8-16)20(25)21-9-10-26-4/h5-8,12-13,17,22H,9-11H2,1-4H3,(H,21,25). The van der Waals surface area contributed by atoms with Crippen LogP contribution in [0.3, 0.4) is 0 Å². The molecule has 6 heteroatoms. The largest absolute Gasteiger partial charge is 0.383 e. The van der Waals surface area contributed by atoms with Crippen LogP contribution in [0.5, 0.6) is 0 Å². The molecule has 0 saturated heterocycles. The highest BCUT2D eigenvalue weighted by molar-refractivity contribution is 6.01. The molecule has 3 atom stereocenters. The molecule has 0 bridgehead atoms. The van der Waals surface area contributed by atoms with Crippen LogP contribution < -0.4 is 15.8 Å². The van der Waals surface area contributed by atoms with Gasteiger partial charge in [0.2, 0.25) is 0 Å². The van der Waals surface area contributed by atoms with Crippen molar-refractivity contribution in [2.24, 2.45) is 11.8 Å². The molecule has 3 rings (SSSR count). The Hall–Kier alpha value is -2.18. The van der Waals surface area contributed by atoms with Crippen LogP contribution in [0, 0.1) is 11.8 Å². The summed E-state index contributed by atoms with van der Waals surface area (Å²) in [5.74, 6) is 0.561. The molecule has 26 heavy (non-hydrogen) atoms. The number of allylic oxidation sites excluding steroid dienone is 1. The number of benzene rings is 1. The number of hydrogen-bond donors (Lipinski definition) is 2. The maximum atomic E-state index is 12.7. The Morgan fingerprint density at radius 1 is 1.31 bits per heavy atom. The second-order valence-corrected chi connectivity index (χ2v) is 7.18. The van der Waals surface area contributed by atoms with Gasteiger partial charge >= 0.3 is 0 Å². The molecular formula is C20H27N3O3. The summed E-state index contributed by atoms with van der Waals surface area (Å²) in [6.45, 7) is 7.10. The number of carbonyl (C=O) groups excluding carboxylic acids is 2. The van der Waals surface area contributed by atoms with Gasteiger partial charge in [0.25, 0.3) is 5.91 Å². The number of carbonyl (C=O) groups is 2. The molecule has 1 heterocycles. The Balaban J connectivity index is 1.75. The van der Waals surface area contributed by atoms with Crippen LogP contribution in [0.1, 0.15) is 37.6 Å². The van der Waals surface area contributed by atoms with Gasteiger partial charge in [0.1, 0.15) is 0 Å². The number of anilines is 1. The lowest BCUT2D eigenvalue weighted by atomic mass is 9.75. The Morgan fingerprint density at radius 2 is 2.00 bits per heavy atom. The molecule has 1 aromatic carbocycles. The van der Waals surface area contributed by atoms with Crippen molar-refractivity contribution in [1.82, 2.24) is 10.7 Å². The summed E-state index contributed by atoms with van der Waals surface area (Å²) < 4.78 is 4.93. The van der Waals surface area contributed by atoms with E-state index < -0.39 is 0 Å². The Kier molecular flexibility index (Phi) is 5.44. The molecule has 2 aliphatic rings. The van der Waals surface area contributed by atoms with Gasteiger partial charge in [-0.25, -0.2) is 5.43 Å². The van der Waals surface area contributed by atoms with E-state index in [0.717, 1.165) is 23.4 Å². The first kappa shape index (κ1) is 18.6. The van der Waals surface area contributed by atoms with Crippen LogP contribution in [0.4, 0.5) is 5.69 Å². The molecule has 1 amide bonds. The number of ether oxygens (including phenoxy) is 1. The first-order chi connectivity index (χ1) is 12.4. The van der Waals surface area contributed by atoms with Crippen LogP contribution in [-0.4, -0.2) is 38.0 Å². The number of ketones is 1. The fourth-order valence-corrected chi connectivity index (χ4v) is 3.69. The summed E-state index contributed by atoms with van der Waals surface area (Å²) in [4.78, 5) is 24.8. The Bertz CT molecular complexity index is 726. The first-order valence-corrected chi connectivity index (χ1v) is 9.12. The van der Waals surface area contributed by atoms with E-state index in [2.05, 4.69) is 17.7 Å². The van der Waals surface area contributed by atoms with Crippen LogP contribution >= 0.6 is 0 Å². The second-order valence-electron chi connectivity index (χ2n) is 7.18. The van der Waals surface area contributed by atoms with Crippen molar-refractivity contribution >= 4 is 17.4 Å². The maximum absolute atomic E-state index is 12.7. The molecule has 2 N–H and O–H groups in total. The summed E-state index contributed by atoms with van der Waals surface area (Å²) in [5, 5.41) is 4.77. The number of hydrazine groups is 1. The highest BCUT2D eigenvalue weighted by Gasteiger charge is 2.42. The predicted molar refractivity (Wildman–Crippen MR) is 101 cm³/mol. The highest BCUT2D eigenvalue weighted by atomic mass is 16.5. The summed E-state index contributed by atoms with van der Waals surface area (Å²) in [6, 6.07) is 7.47. The fourth-order valence-electron chi connectivity index (χ4n) is 3.69. The first-order valence-electron chi connectivity index (χ1n) is 9.12. The van der Waals surface area contributed by atoms with E-state index in [-0.39, 0.29) is 23.7 Å². The zero-order valence-corrected chi connectivity index (χ0v) is 15.8. The van der Waals surface area contributed by atoms with Crippen LogP contribution in [0.15, 0.2) is 35.5 Å².